The van der Waals surface area contributed by atoms with E-state index in [1.54, 1.807) is 11.1 Å². The van der Waals surface area contributed by atoms with Crippen molar-refractivity contribution in [3.05, 3.63) is 11.6 Å². The summed E-state index contributed by atoms with van der Waals surface area (Å²) in [6, 6.07) is 0. The molecule has 1 aliphatic rings. The zero-order chi connectivity index (χ0) is 15.9. The summed E-state index contributed by atoms with van der Waals surface area (Å²) in [6.45, 7) is 4.58. The highest BCUT2D eigenvalue weighted by Crippen LogP contribution is 2.25. The lowest BCUT2D eigenvalue weighted by Crippen LogP contribution is -2.43. The molecule has 1 aromatic heterocycles. The number of aromatic nitrogens is 1. The topological polar surface area (TPSA) is 62.3 Å². The molecule has 2 rings (SSSR count). The number of thiazole rings is 1. The zero-order valence-electron chi connectivity index (χ0n) is 13.4. The fourth-order valence-corrected chi connectivity index (χ4v) is 3.44. The molecule has 0 spiro atoms. The van der Waals surface area contributed by atoms with E-state index in [4.69, 9.17) is 0 Å². The van der Waals surface area contributed by atoms with Crippen molar-refractivity contribution in [2.24, 2.45) is 11.8 Å². The highest BCUT2D eigenvalue weighted by atomic mass is 32.1. The molecule has 0 saturated heterocycles. The largest absolute Gasteiger partial charge is 0.333 e. The minimum absolute atomic E-state index is 0.0554. The summed E-state index contributed by atoms with van der Waals surface area (Å²) in [6.07, 6.45) is 7.74. The first-order valence-electron chi connectivity index (χ1n) is 8.04. The number of carbonyl (C=O) groups excluding carboxylic acids is 2. The highest BCUT2D eigenvalue weighted by molar-refractivity contribution is 7.13. The Balaban J connectivity index is 1.94. The van der Waals surface area contributed by atoms with Crippen LogP contribution in [0.1, 0.15) is 46.0 Å². The maximum absolute atomic E-state index is 12.4. The average molecular weight is 323 g/mol. The number of nitrogens with one attached hydrogen (secondary N) is 1. The Bertz CT molecular complexity index is 482. The monoisotopic (exact) mass is 323 g/mol. The smallest absolute Gasteiger partial charge is 0.245 e. The van der Waals surface area contributed by atoms with E-state index in [0.717, 1.165) is 12.8 Å². The number of hydrogen-bond donors (Lipinski definition) is 1. The van der Waals surface area contributed by atoms with E-state index in [1.807, 2.05) is 19.2 Å². The minimum Gasteiger partial charge on any atom is -0.333 e. The van der Waals surface area contributed by atoms with Gasteiger partial charge in [0.05, 0.1) is 6.54 Å². The molecule has 2 amide bonds. The molecule has 5 nitrogen and oxygen atoms in total. The predicted octanol–water partition coefficient (Wildman–Crippen LogP) is 3.15. The van der Waals surface area contributed by atoms with Crippen molar-refractivity contribution in [2.75, 3.05) is 18.4 Å². The van der Waals surface area contributed by atoms with Gasteiger partial charge in [-0.3, -0.25) is 9.59 Å². The van der Waals surface area contributed by atoms with Crippen LogP contribution in [0.25, 0.3) is 0 Å². The van der Waals surface area contributed by atoms with E-state index < -0.39 is 0 Å². The van der Waals surface area contributed by atoms with Gasteiger partial charge in [0.2, 0.25) is 11.8 Å². The van der Waals surface area contributed by atoms with Gasteiger partial charge in [0.25, 0.3) is 0 Å². The standard InChI is InChI=1S/C16H25N3O2S/c1-12(2)15(21)19(10-13-6-4-3-5-7-13)11-14(20)18-16-17-8-9-22-16/h8-9,12-13H,3-7,10-11H2,1-2H3,(H,17,18,20). The summed E-state index contributed by atoms with van der Waals surface area (Å²) in [5.41, 5.74) is 0. The van der Waals surface area contributed by atoms with Crippen molar-refractivity contribution in [1.29, 1.82) is 0 Å². The Morgan fingerprint density at radius 3 is 2.68 bits per heavy atom. The number of rotatable bonds is 6. The molecule has 1 aliphatic carbocycles. The molecule has 1 heterocycles. The van der Waals surface area contributed by atoms with Gasteiger partial charge >= 0.3 is 0 Å². The molecule has 1 N–H and O–H groups in total. The summed E-state index contributed by atoms with van der Waals surface area (Å²) < 4.78 is 0. The van der Waals surface area contributed by atoms with Crippen LogP contribution >= 0.6 is 11.3 Å². The van der Waals surface area contributed by atoms with Crippen LogP contribution in [-0.4, -0.2) is 34.8 Å². The lowest BCUT2D eigenvalue weighted by atomic mass is 9.88. The van der Waals surface area contributed by atoms with Crippen LogP contribution in [0.4, 0.5) is 5.13 Å². The zero-order valence-corrected chi connectivity index (χ0v) is 14.2. The van der Waals surface area contributed by atoms with Gasteiger partial charge < -0.3 is 10.2 Å². The Hall–Kier alpha value is -1.43. The van der Waals surface area contributed by atoms with Gasteiger partial charge in [0.15, 0.2) is 5.13 Å². The second-order valence-corrected chi connectivity index (χ2v) is 7.16. The Morgan fingerprint density at radius 2 is 2.09 bits per heavy atom. The summed E-state index contributed by atoms with van der Waals surface area (Å²) in [4.78, 5) is 30.3. The Kier molecular flexibility index (Phi) is 6.36. The molecule has 22 heavy (non-hydrogen) atoms. The van der Waals surface area contributed by atoms with Gasteiger partial charge in [-0.1, -0.05) is 33.1 Å². The van der Waals surface area contributed by atoms with Gasteiger partial charge in [0, 0.05) is 24.0 Å². The molecule has 0 unspecified atom stereocenters. The van der Waals surface area contributed by atoms with Gasteiger partial charge in [-0.2, -0.15) is 0 Å². The van der Waals surface area contributed by atoms with Crippen LogP contribution in [-0.2, 0) is 9.59 Å². The number of carbonyl (C=O) groups is 2. The molecule has 1 fully saturated rings. The molecule has 0 aliphatic heterocycles. The molecule has 0 bridgehead atoms. The van der Waals surface area contributed by atoms with E-state index in [9.17, 15) is 9.59 Å². The summed E-state index contributed by atoms with van der Waals surface area (Å²) in [7, 11) is 0. The molecule has 0 atom stereocenters. The first kappa shape index (κ1) is 16.9. The van der Waals surface area contributed by atoms with Crippen molar-refractivity contribution in [3.8, 4) is 0 Å². The molecule has 1 aromatic rings. The van der Waals surface area contributed by atoms with Gasteiger partial charge in [-0.05, 0) is 18.8 Å². The van der Waals surface area contributed by atoms with Crippen LogP contribution in [0.2, 0.25) is 0 Å². The van der Waals surface area contributed by atoms with Gasteiger partial charge in [-0.25, -0.2) is 4.98 Å². The second-order valence-electron chi connectivity index (χ2n) is 6.26. The van der Waals surface area contributed by atoms with E-state index in [2.05, 4.69) is 10.3 Å². The second kappa shape index (κ2) is 8.27. The van der Waals surface area contributed by atoms with E-state index in [-0.39, 0.29) is 24.3 Å². The summed E-state index contributed by atoms with van der Waals surface area (Å²) >= 11 is 1.38. The number of anilines is 1. The van der Waals surface area contributed by atoms with Crippen molar-refractivity contribution in [2.45, 2.75) is 46.0 Å². The van der Waals surface area contributed by atoms with Crippen LogP contribution in [0.5, 0.6) is 0 Å². The van der Waals surface area contributed by atoms with E-state index in [1.165, 1.54) is 30.6 Å². The minimum atomic E-state index is -0.167. The predicted molar refractivity (Wildman–Crippen MR) is 88.7 cm³/mol. The summed E-state index contributed by atoms with van der Waals surface area (Å²) in [5, 5.41) is 5.16. The van der Waals surface area contributed by atoms with Crippen molar-refractivity contribution >= 4 is 28.3 Å². The molecular formula is C16H25N3O2S. The van der Waals surface area contributed by atoms with Crippen molar-refractivity contribution in [1.82, 2.24) is 9.88 Å². The molecule has 1 saturated carbocycles. The number of nitrogens with zero attached hydrogens (tertiary/aromatic N) is 2. The maximum Gasteiger partial charge on any atom is 0.245 e. The molecule has 0 radical (unpaired) electrons. The molecule has 122 valence electrons. The van der Waals surface area contributed by atoms with Gasteiger partial charge in [0.1, 0.15) is 0 Å². The molecule has 0 aromatic carbocycles. The third-order valence-corrected chi connectivity index (χ3v) is 4.71. The average Bonchev–Trinajstić information content (AvgIpc) is 2.99. The quantitative estimate of drug-likeness (QED) is 0.875. The lowest BCUT2D eigenvalue weighted by molar-refractivity contribution is -0.138. The highest BCUT2D eigenvalue weighted by Gasteiger charge is 2.24. The first-order chi connectivity index (χ1) is 10.6. The van der Waals surface area contributed by atoms with Crippen LogP contribution in [0.15, 0.2) is 11.6 Å². The third kappa shape index (κ3) is 5.09. The first-order valence-corrected chi connectivity index (χ1v) is 8.92. The van der Waals surface area contributed by atoms with Crippen molar-refractivity contribution in [3.63, 3.8) is 0 Å². The maximum atomic E-state index is 12.4. The number of amides is 2. The fraction of sp³-hybridized carbons (Fsp3) is 0.688. The Labute approximate surface area is 136 Å². The lowest BCUT2D eigenvalue weighted by Gasteiger charge is -2.30. The molecular weight excluding hydrogens is 298 g/mol. The Morgan fingerprint density at radius 1 is 1.36 bits per heavy atom. The summed E-state index contributed by atoms with van der Waals surface area (Å²) in [5.74, 6) is 0.333. The third-order valence-electron chi connectivity index (χ3n) is 4.02. The van der Waals surface area contributed by atoms with Crippen LogP contribution < -0.4 is 5.32 Å². The van der Waals surface area contributed by atoms with E-state index in [0.29, 0.717) is 17.6 Å². The van der Waals surface area contributed by atoms with Gasteiger partial charge in [-0.15, -0.1) is 11.3 Å². The SMILES string of the molecule is CC(C)C(=O)N(CC(=O)Nc1nccs1)CC1CCCCC1. The molecule has 6 heteroatoms. The van der Waals surface area contributed by atoms with Crippen LogP contribution in [0.3, 0.4) is 0 Å². The number of hydrogen-bond acceptors (Lipinski definition) is 4. The van der Waals surface area contributed by atoms with Crippen LogP contribution in [0, 0.1) is 11.8 Å². The normalized spacial score (nSPS) is 15.8. The fourth-order valence-electron chi connectivity index (χ4n) is 2.90. The van der Waals surface area contributed by atoms with Crippen molar-refractivity contribution < 1.29 is 9.59 Å². The van der Waals surface area contributed by atoms with E-state index >= 15 is 0 Å².